The van der Waals surface area contributed by atoms with Crippen molar-refractivity contribution in [3.05, 3.63) is 11.8 Å². The van der Waals surface area contributed by atoms with Gasteiger partial charge in [0.1, 0.15) is 0 Å². The molecular weight excluding hydrogens is 178 g/mol. The number of rotatable bonds is 3. The van der Waals surface area contributed by atoms with E-state index in [2.05, 4.69) is 5.32 Å². The van der Waals surface area contributed by atoms with Crippen molar-refractivity contribution < 1.29 is 4.79 Å². The normalized spacial score (nSPS) is 17.2. The lowest BCUT2D eigenvalue weighted by atomic mass is 10.3. The van der Waals surface area contributed by atoms with Crippen LogP contribution in [0.5, 0.6) is 0 Å². The largest absolute Gasteiger partial charge is 0.402 e. The van der Waals surface area contributed by atoms with Gasteiger partial charge in [0.15, 0.2) is 0 Å². The fraction of sp³-hybridized carbons (Fsp3) is 0.700. The molecule has 0 aromatic carbocycles. The first kappa shape index (κ1) is 10.9. The second-order valence-corrected chi connectivity index (χ2v) is 3.54. The van der Waals surface area contributed by atoms with Crippen LogP contribution in [-0.4, -0.2) is 30.6 Å². The number of nitrogens with two attached hydrogens (primary N) is 1. The molecule has 80 valence electrons. The summed E-state index contributed by atoms with van der Waals surface area (Å²) in [6, 6.07) is 0.0476. The fourth-order valence-corrected chi connectivity index (χ4v) is 1.49. The standard InChI is InChI=1S/C10H19N3O/c1-2-9(11)5-6-12-10(14)13-7-3-4-8-13/h2H,3-8,11H2,1H3,(H,12,14)/b9-2-. The van der Waals surface area contributed by atoms with Crippen LogP contribution in [0.1, 0.15) is 26.2 Å². The molecule has 1 saturated heterocycles. The van der Waals surface area contributed by atoms with Crippen LogP contribution in [0.3, 0.4) is 0 Å². The molecule has 0 atom stereocenters. The van der Waals surface area contributed by atoms with Crippen LogP contribution < -0.4 is 11.1 Å². The number of amides is 2. The van der Waals surface area contributed by atoms with E-state index >= 15 is 0 Å². The van der Waals surface area contributed by atoms with Gasteiger partial charge in [0.05, 0.1) is 0 Å². The van der Waals surface area contributed by atoms with Gasteiger partial charge in [-0.05, 0) is 19.8 Å². The van der Waals surface area contributed by atoms with Gasteiger partial charge in [-0.3, -0.25) is 0 Å². The molecule has 4 nitrogen and oxygen atoms in total. The van der Waals surface area contributed by atoms with Gasteiger partial charge in [0, 0.05) is 31.8 Å². The number of carbonyl (C=O) groups excluding carboxylic acids is 1. The third-order valence-electron chi connectivity index (χ3n) is 2.45. The molecule has 1 aliphatic rings. The van der Waals surface area contributed by atoms with Crippen molar-refractivity contribution in [3.8, 4) is 0 Å². The zero-order valence-electron chi connectivity index (χ0n) is 8.75. The summed E-state index contributed by atoms with van der Waals surface area (Å²) in [5.41, 5.74) is 6.43. The van der Waals surface area contributed by atoms with Gasteiger partial charge < -0.3 is 16.0 Å². The van der Waals surface area contributed by atoms with Crippen molar-refractivity contribution in [2.75, 3.05) is 19.6 Å². The predicted molar refractivity (Wildman–Crippen MR) is 56.8 cm³/mol. The zero-order valence-corrected chi connectivity index (χ0v) is 8.75. The molecule has 1 heterocycles. The molecule has 0 radical (unpaired) electrons. The minimum atomic E-state index is 0.0476. The van der Waals surface area contributed by atoms with Crippen LogP contribution in [0.15, 0.2) is 11.8 Å². The van der Waals surface area contributed by atoms with E-state index in [1.54, 1.807) is 0 Å². The Morgan fingerprint density at radius 3 is 2.71 bits per heavy atom. The van der Waals surface area contributed by atoms with Crippen LogP contribution >= 0.6 is 0 Å². The summed E-state index contributed by atoms with van der Waals surface area (Å²) < 4.78 is 0. The zero-order chi connectivity index (χ0) is 10.4. The van der Waals surface area contributed by atoms with E-state index in [9.17, 15) is 4.79 Å². The van der Waals surface area contributed by atoms with Gasteiger partial charge in [0.25, 0.3) is 0 Å². The Morgan fingerprint density at radius 2 is 2.14 bits per heavy atom. The first-order chi connectivity index (χ1) is 6.74. The molecule has 0 bridgehead atoms. The van der Waals surface area contributed by atoms with Crippen LogP contribution in [-0.2, 0) is 0 Å². The molecule has 0 saturated carbocycles. The Balaban J connectivity index is 2.14. The number of hydrogen-bond acceptors (Lipinski definition) is 2. The van der Waals surface area contributed by atoms with Gasteiger partial charge in [-0.2, -0.15) is 0 Å². The lowest BCUT2D eigenvalue weighted by Crippen LogP contribution is -2.38. The molecule has 1 rings (SSSR count). The molecule has 0 aromatic rings. The molecule has 0 spiro atoms. The van der Waals surface area contributed by atoms with E-state index in [1.807, 2.05) is 17.9 Å². The summed E-state index contributed by atoms with van der Waals surface area (Å²) in [7, 11) is 0. The Morgan fingerprint density at radius 1 is 1.50 bits per heavy atom. The Labute approximate surface area is 85.1 Å². The molecule has 0 aromatic heterocycles. The summed E-state index contributed by atoms with van der Waals surface area (Å²) in [5.74, 6) is 0. The smallest absolute Gasteiger partial charge is 0.317 e. The van der Waals surface area contributed by atoms with E-state index in [0.717, 1.165) is 38.0 Å². The highest BCUT2D eigenvalue weighted by atomic mass is 16.2. The highest BCUT2D eigenvalue weighted by Crippen LogP contribution is 2.06. The van der Waals surface area contributed by atoms with Gasteiger partial charge >= 0.3 is 6.03 Å². The van der Waals surface area contributed by atoms with Gasteiger partial charge in [-0.1, -0.05) is 6.08 Å². The maximum Gasteiger partial charge on any atom is 0.317 e. The van der Waals surface area contributed by atoms with Crippen LogP contribution in [0, 0.1) is 0 Å². The van der Waals surface area contributed by atoms with E-state index < -0.39 is 0 Å². The van der Waals surface area contributed by atoms with Crippen molar-refractivity contribution in [1.29, 1.82) is 0 Å². The fourth-order valence-electron chi connectivity index (χ4n) is 1.49. The highest BCUT2D eigenvalue weighted by molar-refractivity contribution is 5.74. The third-order valence-corrected chi connectivity index (χ3v) is 2.45. The molecule has 3 N–H and O–H groups in total. The lowest BCUT2D eigenvalue weighted by Gasteiger charge is -2.15. The molecule has 1 aliphatic heterocycles. The summed E-state index contributed by atoms with van der Waals surface area (Å²) in [6.45, 7) is 4.32. The maximum atomic E-state index is 11.5. The first-order valence-electron chi connectivity index (χ1n) is 5.17. The quantitative estimate of drug-likeness (QED) is 0.710. The number of likely N-dealkylation sites (tertiary alicyclic amines) is 1. The molecule has 2 amide bonds. The summed E-state index contributed by atoms with van der Waals surface area (Å²) in [4.78, 5) is 13.3. The summed E-state index contributed by atoms with van der Waals surface area (Å²) in [5, 5.41) is 2.86. The van der Waals surface area contributed by atoms with Gasteiger partial charge in [-0.25, -0.2) is 4.79 Å². The summed E-state index contributed by atoms with van der Waals surface area (Å²) in [6.07, 6.45) is 4.85. The van der Waals surface area contributed by atoms with E-state index in [-0.39, 0.29) is 6.03 Å². The van der Waals surface area contributed by atoms with Crippen molar-refractivity contribution in [3.63, 3.8) is 0 Å². The lowest BCUT2D eigenvalue weighted by molar-refractivity contribution is 0.209. The second-order valence-electron chi connectivity index (χ2n) is 3.54. The maximum absolute atomic E-state index is 11.5. The minimum Gasteiger partial charge on any atom is -0.402 e. The minimum absolute atomic E-state index is 0.0476. The monoisotopic (exact) mass is 197 g/mol. The Kier molecular flexibility index (Phi) is 4.29. The van der Waals surface area contributed by atoms with Crippen molar-refractivity contribution in [2.45, 2.75) is 26.2 Å². The Bertz CT molecular complexity index is 219. The number of urea groups is 1. The third kappa shape index (κ3) is 3.28. The van der Waals surface area contributed by atoms with E-state index in [1.165, 1.54) is 0 Å². The number of nitrogens with zero attached hydrogens (tertiary/aromatic N) is 1. The van der Waals surface area contributed by atoms with Gasteiger partial charge in [-0.15, -0.1) is 0 Å². The molecular formula is C10H19N3O. The van der Waals surface area contributed by atoms with Gasteiger partial charge in [0.2, 0.25) is 0 Å². The predicted octanol–water partition coefficient (Wildman–Crippen LogP) is 1.04. The first-order valence-corrected chi connectivity index (χ1v) is 5.17. The van der Waals surface area contributed by atoms with E-state index in [0.29, 0.717) is 6.54 Å². The molecule has 14 heavy (non-hydrogen) atoms. The van der Waals surface area contributed by atoms with E-state index in [4.69, 9.17) is 5.73 Å². The van der Waals surface area contributed by atoms with Crippen molar-refractivity contribution >= 4 is 6.03 Å². The summed E-state index contributed by atoms with van der Waals surface area (Å²) >= 11 is 0. The number of allylic oxidation sites excluding steroid dienone is 1. The molecule has 0 unspecified atom stereocenters. The number of nitrogens with one attached hydrogen (secondary N) is 1. The van der Waals surface area contributed by atoms with Crippen LogP contribution in [0.4, 0.5) is 4.79 Å². The average Bonchev–Trinajstić information content (AvgIpc) is 2.70. The van der Waals surface area contributed by atoms with Crippen LogP contribution in [0.25, 0.3) is 0 Å². The van der Waals surface area contributed by atoms with Crippen molar-refractivity contribution in [1.82, 2.24) is 10.2 Å². The highest BCUT2D eigenvalue weighted by Gasteiger charge is 2.16. The van der Waals surface area contributed by atoms with Crippen LogP contribution in [0.2, 0.25) is 0 Å². The van der Waals surface area contributed by atoms with Crippen molar-refractivity contribution in [2.24, 2.45) is 5.73 Å². The topological polar surface area (TPSA) is 58.4 Å². The number of hydrogen-bond donors (Lipinski definition) is 2. The number of carbonyl (C=O) groups is 1. The SMILES string of the molecule is C/C=C(\N)CCNC(=O)N1CCCC1. The second kappa shape index (κ2) is 5.52. The Hall–Kier alpha value is -1.19. The average molecular weight is 197 g/mol. The molecule has 0 aliphatic carbocycles. The molecule has 1 fully saturated rings. The molecule has 4 heteroatoms.